The highest BCUT2D eigenvalue weighted by Gasteiger charge is 2.29. The van der Waals surface area contributed by atoms with Gasteiger partial charge in [0, 0.05) is 4.47 Å². The molecule has 106 valence electrons. The van der Waals surface area contributed by atoms with Gasteiger partial charge in [0.25, 0.3) is 0 Å². The van der Waals surface area contributed by atoms with Crippen LogP contribution in [-0.2, 0) is 12.8 Å². The predicted molar refractivity (Wildman–Crippen MR) is 74.9 cm³/mol. The van der Waals surface area contributed by atoms with Gasteiger partial charge in [0.05, 0.1) is 10.6 Å². The Morgan fingerprint density at radius 2 is 1.70 bits per heavy atom. The monoisotopic (exact) mass is 364 g/mol. The molecule has 0 N–H and O–H groups in total. The Hall–Kier alpha value is -1.20. The van der Waals surface area contributed by atoms with Crippen LogP contribution in [0.4, 0.5) is 13.2 Å². The second-order valence-electron chi connectivity index (χ2n) is 4.06. The van der Waals surface area contributed by atoms with E-state index in [1.807, 2.05) is 0 Å². The lowest BCUT2D eigenvalue weighted by molar-refractivity contribution is -0.137. The zero-order valence-electron chi connectivity index (χ0n) is 10.0. The summed E-state index contributed by atoms with van der Waals surface area (Å²) in [7, 11) is 0. The molecule has 0 amide bonds. The first-order chi connectivity index (χ1) is 9.36. The van der Waals surface area contributed by atoms with Gasteiger partial charge in [-0.25, -0.2) is 0 Å². The van der Waals surface area contributed by atoms with Crippen LogP contribution in [0.3, 0.4) is 0 Å². The molecule has 0 aliphatic rings. The highest BCUT2D eigenvalue weighted by atomic mass is 79.9. The molecule has 2 aromatic carbocycles. The van der Waals surface area contributed by atoms with E-state index in [1.54, 1.807) is 18.2 Å². The molecule has 0 saturated carbocycles. The van der Waals surface area contributed by atoms with Crippen molar-refractivity contribution in [2.24, 2.45) is 0 Å². The first-order valence-electron chi connectivity index (χ1n) is 5.60. The number of hydrogen-bond acceptors (Lipinski definition) is 1. The molecule has 0 aliphatic carbocycles. The third-order valence-electron chi connectivity index (χ3n) is 2.57. The number of alkyl halides is 3. The van der Waals surface area contributed by atoms with E-state index in [-0.39, 0.29) is 6.61 Å². The molecular formula is C14H9BrClF3O. The molecular weight excluding hydrogens is 357 g/mol. The van der Waals surface area contributed by atoms with Crippen molar-refractivity contribution in [3.8, 4) is 5.75 Å². The maximum atomic E-state index is 12.4. The highest BCUT2D eigenvalue weighted by molar-refractivity contribution is 9.10. The molecule has 0 unspecified atom stereocenters. The lowest BCUT2D eigenvalue weighted by Gasteiger charge is -2.10. The Balaban J connectivity index is 2.06. The minimum absolute atomic E-state index is 0.147. The summed E-state index contributed by atoms with van der Waals surface area (Å²) in [5.41, 5.74) is -0.0456. The van der Waals surface area contributed by atoms with Gasteiger partial charge in [-0.1, -0.05) is 39.7 Å². The molecule has 20 heavy (non-hydrogen) atoms. The fraction of sp³-hybridized carbons (Fsp3) is 0.143. The Labute approximate surface area is 127 Å². The molecule has 6 heteroatoms. The molecule has 0 aromatic heterocycles. The SMILES string of the molecule is FC(F)(F)c1ccc(COc2cc(Br)ccc2Cl)cc1. The minimum Gasteiger partial charge on any atom is -0.487 e. The van der Waals surface area contributed by atoms with Crippen LogP contribution >= 0.6 is 27.5 Å². The Kier molecular flexibility index (Phi) is 4.60. The second-order valence-corrected chi connectivity index (χ2v) is 5.38. The third-order valence-corrected chi connectivity index (χ3v) is 3.37. The van der Waals surface area contributed by atoms with Crippen LogP contribution < -0.4 is 4.74 Å². The summed E-state index contributed by atoms with van der Waals surface area (Å²) in [6.45, 7) is 0.147. The Morgan fingerprint density at radius 1 is 1.05 bits per heavy atom. The van der Waals surface area contributed by atoms with Gasteiger partial charge in [-0.2, -0.15) is 13.2 Å². The summed E-state index contributed by atoms with van der Waals surface area (Å²) >= 11 is 9.24. The molecule has 1 nitrogen and oxygen atoms in total. The van der Waals surface area contributed by atoms with E-state index in [2.05, 4.69) is 15.9 Å². The van der Waals surface area contributed by atoms with E-state index >= 15 is 0 Å². The standard InChI is InChI=1S/C14H9BrClF3O/c15-11-5-6-12(16)13(7-11)20-8-9-1-3-10(4-2-9)14(17,18)19/h1-7H,8H2. The van der Waals surface area contributed by atoms with Crippen molar-refractivity contribution in [3.63, 3.8) is 0 Å². The number of halogens is 5. The number of benzene rings is 2. The van der Waals surface area contributed by atoms with Crippen LogP contribution in [0, 0.1) is 0 Å². The topological polar surface area (TPSA) is 9.23 Å². The maximum Gasteiger partial charge on any atom is 0.416 e. The lowest BCUT2D eigenvalue weighted by Crippen LogP contribution is -2.05. The van der Waals surface area contributed by atoms with Crippen molar-refractivity contribution >= 4 is 27.5 Å². The first-order valence-corrected chi connectivity index (χ1v) is 6.77. The quantitative estimate of drug-likeness (QED) is 0.678. The number of ether oxygens (including phenoxy) is 1. The van der Waals surface area contributed by atoms with Gasteiger partial charge in [-0.15, -0.1) is 0 Å². The van der Waals surface area contributed by atoms with E-state index < -0.39 is 11.7 Å². The van der Waals surface area contributed by atoms with Crippen LogP contribution in [0.1, 0.15) is 11.1 Å². The van der Waals surface area contributed by atoms with E-state index in [9.17, 15) is 13.2 Å². The van der Waals surface area contributed by atoms with Crippen LogP contribution in [0.25, 0.3) is 0 Å². The summed E-state index contributed by atoms with van der Waals surface area (Å²) < 4.78 is 43.5. The van der Waals surface area contributed by atoms with E-state index in [0.29, 0.717) is 16.3 Å². The summed E-state index contributed by atoms with van der Waals surface area (Å²) in [5.74, 6) is 0.473. The van der Waals surface area contributed by atoms with Crippen molar-refractivity contribution < 1.29 is 17.9 Å². The number of rotatable bonds is 3. The van der Waals surface area contributed by atoms with E-state index in [4.69, 9.17) is 16.3 Å². The van der Waals surface area contributed by atoms with Gasteiger partial charge in [-0.05, 0) is 35.9 Å². The van der Waals surface area contributed by atoms with Crippen LogP contribution in [-0.4, -0.2) is 0 Å². The van der Waals surface area contributed by atoms with E-state index in [1.165, 1.54) is 12.1 Å². The summed E-state index contributed by atoms with van der Waals surface area (Å²) in [5, 5.41) is 0.445. The molecule has 0 fully saturated rings. The molecule has 0 spiro atoms. The van der Waals surface area contributed by atoms with Gasteiger partial charge >= 0.3 is 6.18 Å². The van der Waals surface area contributed by atoms with Crippen LogP contribution in [0.5, 0.6) is 5.75 Å². The van der Waals surface area contributed by atoms with Crippen LogP contribution in [0.2, 0.25) is 5.02 Å². The first kappa shape index (κ1) is 15.2. The lowest BCUT2D eigenvalue weighted by atomic mass is 10.1. The fourth-order valence-corrected chi connectivity index (χ4v) is 2.05. The third kappa shape index (κ3) is 3.90. The highest BCUT2D eigenvalue weighted by Crippen LogP contribution is 2.30. The molecule has 2 rings (SSSR count). The van der Waals surface area contributed by atoms with Gasteiger partial charge in [0.1, 0.15) is 12.4 Å². The van der Waals surface area contributed by atoms with Crippen molar-refractivity contribution in [3.05, 3.63) is 63.1 Å². The number of hydrogen-bond donors (Lipinski definition) is 0. The molecule has 0 saturated heterocycles. The van der Waals surface area contributed by atoms with E-state index in [0.717, 1.165) is 16.6 Å². The average Bonchev–Trinajstić information content (AvgIpc) is 2.39. The van der Waals surface area contributed by atoms with Gasteiger partial charge in [0.2, 0.25) is 0 Å². The molecule has 0 bridgehead atoms. The fourth-order valence-electron chi connectivity index (χ4n) is 1.54. The predicted octanol–water partition coefficient (Wildman–Crippen LogP) is 5.70. The molecule has 0 atom stereocenters. The Morgan fingerprint density at radius 3 is 2.30 bits per heavy atom. The maximum absolute atomic E-state index is 12.4. The molecule has 0 aliphatic heterocycles. The zero-order valence-corrected chi connectivity index (χ0v) is 12.4. The summed E-state index contributed by atoms with van der Waals surface area (Å²) in [6, 6.07) is 9.97. The Bertz CT molecular complexity index is 596. The van der Waals surface area contributed by atoms with Crippen LogP contribution in [0.15, 0.2) is 46.9 Å². The van der Waals surface area contributed by atoms with Crippen molar-refractivity contribution in [2.45, 2.75) is 12.8 Å². The normalized spacial score (nSPS) is 11.4. The largest absolute Gasteiger partial charge is 0.487 e. The summed E-state index contributed by atoms with van der Waals surface area (Å²) in [4.78, 5) is 0. The van der Waals surface area contributed by atoms with Gasteiger partial charge < -0.3 is 4.74 Å². The van der Waals surface area contributed by atoms with Gasteiger partial charge in [-0.3, -0.25) is 0 Å². The average molecular weight is 366 g/mol. The van der Waals surface area contributed by atoms with Crippen molar-refractivity contribution in [1.29, 1.82) is 0 Å². The molecule has 0 heterocycles. The summed E-state index contributed by atoms with van der Waals surface area (Å²) in [6.07, 6.45) is -4.33. The van der Waals surface area contributed by atoms with Gasteiger partial charge in [0.15, 0.2) is 0 Å². The molecule has 0 radical (unpaired) electrons. The second kappa shape index (κ2) is 6.06. The minimum atomic E-state index is -4.33. The van der Waals surface area contributed by atoms with Crippen molar-refractivity contribution in [2.75, 3.05) is 0 Å². The zero-order chi connectivity index (χ0) is 14.8. The van der Waals surface area contributed by atoms with Crippen molar-refractivity contribution in [1.82, 2.24) is 0 Å². The molecule has 2 aromatic rings. The smallest absolute Gasteiger partial charge is 0.416 e.